The minimum absolute atomic E-state index is 0.0257. The van der Waals surface area contributed by atoms with Crippen molar-refractivity contribution in [2.24, 2.45) is 0 Å². The molecule has 7 heteroatoms. The Morgan fingerprint density at radius 1 is 1.25 bits per heavy atom. The maximum Gasteiger partial charge on any atom is 0.573 e. The van der Waals surface area contributed by atoms with Gasteiger partial charge in [0.25, 0.3) is 0 Å². The minimum atomic E-state index is -4.80. The molecule has 0 N–H and O–H groups in total. The zero-order valence-electron chi connectivity index (χ0n) is 11.1. The first-order valence-electron chi connectivity index (χ1n) is 5.94. The van der Waals surface area contributed by atoms with Crippen molar-refractivity contribution in [2.45, 2.75) is 26.1 Å². The number of ether oxygens (including phenoxy) is 3. The van der Waals surface area contributed by atoms with E-state index in [0.29, 0.717) is 5.56 Å². The van der Waals surface area contributed by atoms with E-state index >= 15 is 0 Å². The molecule has 0 unspecified atom stereocenters. The number of esters is 1. The molecule has 1 aromatic rings. The number of hydrogen-bond donors (Lipinski definition) is 0. The Bertz CT molecular complexity index is 457. The molecule has 1 aromatic carbocycles. The van der Waals surface area contributed by atoms with Crippen molar-refractivity contribution in [2.75, 3.05) is 13.7 Å². The van der Waals surface area contributed by atoms with E-state index < -0.39 is 18.1 Å². The molecule has 0 heterocycles. The van der Waals surface area contributed by atoms with Crippen LogP contribution in [0.5, 0.6) is 11.5 Å². The molecule has 0 spiro atoms. The molecule has 0 saturated heterocycles. The Labute approximate surface area is 114 Å². The van der Waals surface area contributed by atoms with Crippen molar-refractivity contribution in [3.05, 3.63) is 23.8 Å². The first-order valence-corrected chi connectivity index (χ1v) is 5.94. The van der Waals surface area contributed by atoms with E-state index in [4.69, 9.17) is 9.47 Å². The van der Waals surface area contributed by atoms with Gasteiger partial charge >= 0.3 is 12.3 Å². The highest BCUT2D eigenvalue weighted by atomic mass is 19.4. The van der Waals surface area contributed by atoms with Crippen LogP contribution in [0.25, 0.3) is 0 Å². The molecule has 0 aliphatic carbocycles. The van der Waals surface area contributed by atoms with Gasteiger partial charge in [-0.1, -0.05) is 6.07 Å². The van der Waals surface area contributed by atoms with Gasteiger partial charge in [-0.2, -0.15) is 0 Å². The molecule has 0 aromatic heterocycles. The lowest BCUT2D eigenvalue weighted by atomic mass is 10.1. The quantitative estimate of drug-likeness (QED) is 0.756. The third-order valence-corrected chi connectivity index (χ3v) is 2.38. The molecule has 0 aliphatic rings. The maximum absolute atomic E-state index is 12.3. The molecule has 0 saturated carbocycles. The number of benzene rings is 1. The predicted molar refractivity (Wildman–Crippen MR) is 64.6 cm³/mol. The van der Waals surface area contributed by atoms with Crippen molar-refractivity contribution < 1.29 is 32.2 Å². The van der Waals surface area contributed by atoms with E-state index in [1.54, 1.807) is 13.0 Å². The van der Waals surface area contributed by atoms with Crippen LogP contribution in [0.3, 0.4) is 0 Å². The first-order chi connectivity index (χ1) is 9.35. The first kappa shape index (κ1) is 16.1. The lowest BCUT2D eigenvalue weighted by Gasteiger charge is -2.13. The third kappa shape index (κ3) is 5.38. The molecule has 0 atom stereocenters. The summed E-state index contributed by atoms with van der Waals surface area (Å²) in [5.74, 6) is -0.856. The van der Waals surface area contributed by atoms with Gasteiger partial charge in [0.1, 0.15) is 0 Å². The summed E-state index contributed by atoms with van der Waals surface area (Å²) >= 11 is 0. The molecule has 0 bridgehead atoms. The van der Waals surface area contributed by atoms with Gasteiger partial charge in [-0.25, -0.2) is 0 Å². The second-order valence-corrected chi connectivity index (χ2v) is 3.84. The summed E-state index contributed by atoms with van der Waals surface area (Å²) in [4.78, 5) is 11.2. The van der Waals surface area contributed by atoms with E-state index in [1.807, 2.05) is 0 Å². The number of carbonyl (C=O) groups excluding carboxylic acids is 1. The van der Waals surface area contributed by atoms with Crippen molar-refractivity contribution >= 4 is 5.97 Å². The molecule has 0 aliphatic heterocycles. The molecule has 0 fully saturated rings. The monoisotopic (exact) mass is 292 g/mol. The molecular weight excluding hydrogens is 277 g/mol. The van der Waals surface area contributed by atoms with E-state index in [2.05, 4.69) is 4.74 Å². The van der Waals surface area contributed by atoms with Gasteiger partial charge < -0.3 is 14.2 Å². The Kier molecular flexibility index (Phi) is 5.66. The molecule has 1 rings (SSSR count). The smallest absolute Gasteiger partial charge is 0.493 e. The average Bonchev–Trinajstić information content (AvgIpc) is 2.35. The van der Waals surface area contributed by atoms with Gasteiger partial charge in [-0.3, -0.25) is 4.79 Å². The lowest BCUT2D eigenvalue weighted by molar-refractivity contribution is -0.275. The van der Waals surface area contributed by atoms with Crippen molar-refractivity contribution in [1.29, 1.82) is 0 Å². The third-order valence-electron chi connectivity index (χ3n) is 2.38. The summed E-state index contributed by atoms with van der Waals surface area (Å²) in [6, 6.07) is 4.13. The average molecular weight is 292 g/mol. The van der Waals surface area contributed by atoms with Crippen molar-refractivity contribution in [1.82, 2.24) is 0 Å². The second kappa shape index (κ2) is 7.02. The summed E-state index contributed by atoms with van der Waals surface area (Å²) in [6.45, 7) is 1.95. The van der Waals surface area contributed by atoms with Gasteiger partial charge in [0.15, 0.2) is 11.5 Å². The number of alkyl halides is 3. The van der Waals surface area contributed by atoms with Crippen LogP contribution in [0.15, 0.2) is 18.2 Å². The van der Waals surface area contributed by atoms with Crippen LogP contribution in [0.1, 0.15) is 18.9 Å². The molecule has 0 radical (unpaired) electrons. The van der Waals surface area contributed by atoms with E-state index in [-0.39, 0.29) is 25.2 Å². The predicted octanol–water partition coefficient (Wildman–Crippen LogP) is 3.09. The number of halogens is 3. The minimum Gasteiger partial charge on any atom is -0.493 e. The Morgan fingerprint density at radius 2 is 1.95 bits per heavy atom. The number of aryl methyl sites for hydroxylation is 1. The summed E-state index contributed by atoms with van der Waals surface area (Å²) in [5, 5.41) is 0. The second-order valence-electron chi connectivity index (χ2n) is 3.84. The topological polar surface area (TPSA) is 44.8 Å². The zero-order valence-corrected chi connectivity index (χ0v) is 11.1. The SMILES string of the molecule is CCOC(=O)CCc1ccc(OC)c(OC(F)(F)F)c1. The summed E-state index contributed by atoms with van der Waals surface area (Å²) < 4.78 is 50.2. The van der Waals surface area contributed by atoms with Gasteiger partial charge in [0.05, 0.1) is 13.7 Å². The molecule has 112 valence electrons. The molecular formula is C13H15F3O4. The summed E-state index contributed by atoms with van der Waals surface area (Å²) in [6.07, 6.45) is -4.45. The highest BCUT2D eigenvalue weighted by Crippen LogP contribution is 2.33. The Hall–Kier alpha value is -1.92. The molecule has 0 amide bonds. The fourth-order valence-corrected chi connectivity index (χ4v) is 1.56. The molecule has 20 heavy (non-hydrogen) atoms. The zero-order chi connectivity index (χ0) is 15.2. The van der Waals surface area contributed by atoms with Gasteiger partial charge in [-0.05, 0) is 31.0 Å². The van der Waals surface area contributed by atoms with E-state index in [1.165, 1.54) is 19.2 Å². The fraction of sp³-hybridized carbons (Fsp3) is 0.462. The van der Waals surface area contributed by atoms with Crippen molar-refractivity contribution in [3.8, 4) is 11.5 Å². The normalized spacial score (nSPS) is 11.1. The Balaban J connectivity index is 2.79. The van der Waals surface area contributed by atoms with Gasteiger partial charge in [-0.15, -0.1) is 13.2 Å². The largest absolute Gasteiger partial charge is 0.573 e. The van der Waals surface area contributed by atoms with Crippen molar-refractivity contribution in [3.63, 3.8) is 0 Å². The maximum atomic E-state index is 12.3. The summed E-state index contributed by atoms with van der Waals surface area (Å²) in [5.41, 5.74) is 0.526. The number of hydrogen-bond acceptors (Lipinski definition) is 4. The number of methoxy groups -OCH3 is 1. The van der Waals surface area contributed by atoms with Crippen LogP contribution in [-0.2, 0) is 16.0 Å². The standard InChI is InChI=1S/C13H15F3O4/c1-3-19-12(17)7-5-9-4-6-10(18-2)11(8-9)20-13(14,15)16/h4,6,8H,3,5,7H2,1-2H3. The number of rotatable bonds is 6. The Morgan fingerprint density at radius 3 is 2.50 bits per heavy atom. The summed E-state index contributed by atoms with van der Waals surface area (Å²) in [7, 11) is 1.25. The highest BCUT2D eigenvalue weighted by Gasteiger charge is 2.32. The molecule has 4 nitrogen and oxygen atoms in total. The van der Waals surface area contributed by atoms with Crippen LogP contribution in [-0.4, -0.2) is 26.0 Å². The van der Waals surface area contributed by atoms with Gasteiger partial charge in [0, 0.05) is 6.42 Å². The van der Waals surface area contributed by atoms with Gasteiger partial charge in [0.2, 0.25) is 0 Å². The van der Waals surface area contributed by atoms with Crippen LogP contribution in [0.4, 0.5) is 13.2 Å². The van der Waals surface area contributed by atoms with Crippen LogP contribution in [0, 0.1) is 0 Å². The van der Waals surface area contributed by atoms with Crippen LogP contribution in [0.2, 0.25) is 0 Å². The van der Waals surface area contributed by atoms with E-state index in [9.17, 15) is 18.0 Å². The van der Waals surface area contributed by atoms with E-state index in [0.717, 1.165) is 0 Å². The van der Waals surface area contributed by atoms with Crippen LogP contribution >= 0.6 is 0 Å². The fourth-order valence-electron chi connectivity index (χ4n) is 1.56. The highest BCUT2D eigenvalue weighted by molar-refractivity contribution is 5.69. The number of carbonyl (C=O) groups is 1. The van der Waals surface area contributed by atoms with Crippen LogP contribution < -0.4 is 9.47 Å². The lowest BCUT2D eigenvalue weighted by Crippen LogP contribution is -2.17.